The third-order valence-electron chi connectivity index (χ3n) is 6.97. The highest BCUT2D eigenvalue weighted by molar-refractivity contribution is 6.46. The molecule has 9 heteroatoms. The van der Waals surface area contributed by atoms with Gasteiger partial charge in [-0.3, -0.25) is 14.5 Å². The molecule has 0 spiro atoms. The van der Waals surface area contributed by atoms with Gasteiger partial charge in [-0.15, -0.1) is 0 Å². The predicted octanol–water partition coefficient (Wildman–Crippen LogP) is 4.11. The van der Waals surface area contributed by atoms with Crippen molar-refractivity contribution in [1.82, 2.24) is 9.80 Å². The number of benzene rings is 2. The van der Waals surface area contributed by atoms with E-state index in [0.29, 0.717) is 61.3 Å². The molecule has 1 amide bonds. The molecule has 0 aliphatic carbocycles. The maximum Gasteiger partial charge on any atom is 0.295 e. The lowest BCUT2D eigenvalue weighted by molar-refractivity contribution is -0.140. The van der Waals surface area contributed by atoms with Crippen LogP contribution in [-0.4, -0.2) is 85.8 Å². The fourth-order valence-electron chi connectivity index (χ4n) is 4.99. The van der Waals surface area contributed by atoms with Gasteiger partial charge in [0, 0.05) is 31.7 Å². The maximum atomic E-state index is 13.5. The molecule has 2 fully saturated rings. The van der Waals surface area contributed by atoms with Crippen molar-refractivity contribution < 1.29 is 33.6 Å². The van der Waals surface area contributed by atoms with E-state index in [1.54, 1.807) is 42.5 Å². The summed E-state index contributed by atoms with van der Waals surface area (Å²) >= 11 is 0. The minimum atomic E-state index is -0.810. The molecule has 1 unspecified atom stereocenters. The third kappa shape index (κ3) is 6.32. The van der Waals surface area contributed by atoms with Crippen LogP contribution < -0.4 is 14.2 Å². The van der Waals surface area contributed by atoms with Crippen molar-refractivity contribution in [3.63, 3.8) is 0 Å². The molecule has 2 aliphatic heterocycles. The van der Waals surface area contributed by atoms with Crippen LogP contribution in [0.25, 0.3) is 5.76 Å². The standard InChI is InChI=1S/C31H38N2O7/c1-6-15-39-25-10-7-22(19-26(25)37-5)28-27(29(34)23-8-9-24(21(4)18-23)40-20(2)3)30(35)31(36)33(28)12-11-32-13-16-38-17-14-32/h6-10,18-20,28,34H,1,11-17H2,2-5H3/b29-27+. The van der Waals surface area contributed by atoms with Gasteiger partial charge in [0.15, 0.2) is 11.5 Å². The molecule has 0 saturated carbocycles. The van der Waals surface area contributed by atoms with Crippen molar-refractivity contribution in [2.45, 2.75) is 32.9 Å². The molecule has 1 atom stereocenters. The summed E-state index contributed by atoms with van der Waals surface area (Å²) in [5.74, 6) is 0.0334. The summed E-state index contributed by atoms with van der Waals surface area (Å²) < 4.78 is 22.5. The number of aryl methyl sites for hydroxylation is 1. The van der Waals surface area contributed by atoms with E-state index in [2.05, 4.69) is 11.5 Å². The Morgan fingerprint density at radius 3 is 2.48 bits per heavy atom. The van der Waals surface area contributed by atoms with Crippen LogP contribution in [-0.2, 0) is 14.3 Å². The number of hydrogen-bond donors (Lipinski definition) is 1. The summed E-state index contributed by atoms with van der Waals surface area (Å²) in [5, 5.41) is 11.5. The van der Waals surface area contributed by atoms with Gasteiger partial charge < -0.3 is 29.0 Å². The molecule has 2 saturated heterocycles. The molecule has 2 aromatic carbocycles. The summed E-state index contributed by atoms with van der Waals surface area (Å²) in [7, 11) is 1.53. The van der Waals surface area contributed by atoms with Gasteiger partial charge in [-0.1, -0.05) is 18.7 Å². The van der Waals surface area contributed by atoms with E-state index < -0.39 is 17.7 Å². The first-order chi connectivity index (χ1) is 19.2. The lowest BCUT2D eigenvalue weighted by Crippen LogP contribution is -2.42. The number of morpholine rings is 1. The minimum Gasteiger partial charge on any atom is -0.507 e. The Morgan fingerprint density at radius 1 is 1.10 bits per heavy atom. The van der Waals surface area contributed by atoms with E-state index in [1.165, 1.54) is 12.0 Å². The average molecular weight is 551 g/mol. The normalized spacial score (nSPS) is 19.2. The van der Waals surface area contributed by atoms with E-state index in [-0.39, 0.29) is 17.4 Å². The second-order valence-corrected chi connectivity index (χ2v) is 10.1. The van der Waals surface area contributed by atoms with Crippen LogP contribution in [0.3, 0.4) is 0 Å². The van der Waals surface area contributed by atoms with Crippen molar-refractivity contribution in [2.24, 2.45) is 0 Å². The maximum absolute atomic E-state index is 13.5. The summed E-state index contributed by atoms with van der Waals surface area (Å²) in [5.41, 5.74) is 1.90. The first-order valence-corrected chi connectivity index (χ1v) is 13.5. The number of carbonyl (C=O) groups excluding carboxylic acids is 2. The molecule has 0 aromatic heterocycles. The second-order valence-electron chi connectivity index (χ2n) is 10.1. The number of nitrogens with zero attached hydrogens (tertiary/aromatic N) is 2. The average Bonchev–Trinajstić information content (AvgIpc) is 3.20. The molecule has 4 rings (SSSR count). The zero-order valence-corrected chi connectivity index (χ0v) is 23.6. The summed E-state index contributed by atoms with van der Waals surface area (Å²) in [6.45, 7) is 13.4. The highest BCUT2D eigenvalue weighted by atomic mass is 16.5. The molecule has 0 bridgehead atoms. The van der Waals surface area contributed by atoms with Gasteiger partial charge in [-0.25, -0.2) is 0 Å². The topological polar surface area (TPSA) is 97.8 Å². The molecule has 40 heavy (non-hydrogen) atoms. The fraction of sp³-hybridized carbons (Fsp3) is 0.419. The lowest BCUT2D eigenvalue weighted by Gasteiger charge is -2.31. The number of Topliss-reactive ketones (excluding diaryl/α,β-unsaturated/α-hetero) is 1. The number of carbonyl (C=O) groups is 2. The number of methoxy groups -OCH3 is 1. The van der Waals surface area contributed by atoms with E-state index in [0.717, 1.165) is 18.7 Å². The highest BCUT2D eigenvalue weighted by Gasteiger charge is 2.46. The minimum absolute atomic E-state index is 0.0108. The number of rotatable bonds is 11. The number of likely N-dealkylation sites (tertiary alicyclic amines) is 1. The molecule has 214 valence electrons. The van der Waals surface area contributed by atoms with Gasteiger partial charge >= 0.3 is 0 Å². The third-order valence-corrected chi connectivity index (χ3v) is 6.97. The number of ketones is 1. The second kappa shape index (κ2) is 13.0. The Kier molecular flexibility index (Phi) is 9.50. The van der Waals surface area contributed by atoms with Gasteiger partial charge in [0.25, 0.3) is 11.7 Å². The fourth-order valence-corrected chi connectivity index (χ4v) is 4.99. The van der Waals surface area contributed by atoms with E-state index >= 15 is 0 Å². The van der Waals surface area contributed by atoms with Gasteiger partial charge in [0.1, 0.15) is 18.1 Å². The molecular weight excluding hydrogens is 512 g/mol. The lowest BCUT2D eigenvalue weighted by atomic mass is 9.94. The van der Waals surface area contributed by atoms with Gasteiger partial charge in [-0.05, 0) is 62.2 Å². The first-order valence-electron chi connectivity index (χ1n) is 13.5. The smallest absolute Gasteiger partial charge is 0.295 e. The Balaban J connectivity index is 1.77. The SMILES string of the molecule is C=CCOc1ccc(C2/C(=C(\O)c3ccc(OC(C)C)c(C)c3)C(=O)C(=O)N2CCN2CCOCC2)cc1OC. The quantitative estimate of drug-likeness (QED) is 0.193. The molecular formula is C31H38N2O7. The zero-order chi connectivity index (χ0) is 28.8. The highest BCUT2D eigenvalue weighted by Crippen LogP contribution is 2.42. The van der Waals surface area contributed by atoms with E-state index in [4.69, 9.17) is 18.9 Å². The van der Waals surface area contributed by atoms with Crippen LogP contribution in [0.1, 0.15) is 36.6 Å². The van der Waals surface area contributed by atoms with E-state index in [1.807, 2.05) is 20.8 Å². The zero-order valence-electron chi connectivity index (χ0n) is 23.6. The number of aliphatic hydroxyl groups is 1. The summed E-state index contributed by atoms with van der Waals surface area (Å²) in [6, 6.07) is 9.69. The van der Waals surface area contributed by atoms with Crippen molar-refractivity contribution in [1.29, 1.82) is 0 Å². The molecule has 1 N–H and O–H groups in total. The van der Waals surface area contributed by atoms with Crippen molar-refractivity contribution in [3.05, 3.63) is 71.3 Å². The van der Waals surface area contributed by atoms with Crippen LogP contribution in [0.2, 0.25) is 0 Å². The van der Waals surface area contributed by atoms with Gasteiger partial charge in [-0.2, -0.15) is 0 Å². The Labute approximate surface area is 235 Å². The van der Waals surface area contributed by atoms with Gasteiger partial charge in [0.2, 0.25) is 0 Å². The first kappa shape index (κ1) is 29.2. The molecule has 2 heterocycles. The molecule has 2 aromatic rings. The number of hydrogen-bond acceptors (Lipinski definition) is 8. The van der Waals surface area contributed by atoms with Crippen molar-refractivity contribution in [3.8, 4) is 17.2 Å². The molecule has 2 aliphatic rings. The van der Waals surface area contributed by atoms with Crippen LogP contribution in [0.5, 0.6) is 17.2 Å². The Morgan fingerprint density at radius 2 is 1.82 bits per heavy atom. The number of amides is 1. The molecule has 0 radical (unpaired) electrons. The van der Waals surface area contributed by atoms with Crippen LogP contribution in [0.4, 0.5) is 0 Å². The van der Waals surface area contributed by atoms with Crippen LogP contribution >= 0.6 is 0 Å². The summed E-state index contributed by atoms with van der Waals surface area (Å²) in [4.78, 5) is 30.6. The van der Waals surface area contributed by atoms with Crippen LogP contribution in [0.15, 0.2) is 54.6 Å². The predicted molar refractivity (Wildman–Crippen MR) is 152 cm³/mol. The molecule has 9 nitrogen and oxygen atoms in total. The van der Waals surface area contributed by atoms with Crippen molar-refractivity contribution >= 4 is 17.4 Å². The van der Waals surface area contributed by atoms with Crippen LogP contribution in [0, 0.1) is 6.92 Å². The largest absolute Gasteiger partial charge is 0.507 e. The number of ether oxygens (including phenoxy) is 4. The monoisotopic (exact) mass is 550 g/mol. The Bertz CT molecular complexity index is 1280. The van der Waals surface area contributed by atoms with E-state index in [9.17, 15) is 14.7 Å². The number of aliphatic hydroxyl groups excluding tert-OH is 1. The van der Waals surface area contributed by atoms with Gasteiger partial charge in [0.05, 0.1) is 38.0 Å². The summed E-state index contributed by atoms with van der Waals surface area (Å²) in [6.07, 6.45) is 1.62. The Hall–Kier alpha value is -3.82. The van der Waals surface area contributed by atoms with Crippen molar-refractivity contribution in [2.75, 3.05) is 53.1 Å².